The van der Waals surface area contributed by atoms with Gasteiger partial charge in [0.25, 0.3) is 5.91 Å². The number of hydrogen-bond donors (Lipinski definition) is 2. The van der Waals surface area contributed by atoms with Crippen LogP contribution in [0.15, 0.2) is 60.9 Å². The van der Waals surface area contributed by atoms with Crippen molar-refractivity contribution < 1.29 is 4.79 Å². The Morgan fingerprint density at radius 1 is 1.00 bits per heavy atom. The Hall–Kier alpha value is -3.21. The topological polar surface area (TPSA) is 66.9 Å². The van der Waals surface area contributed by atoms with Gasteiger partial charge in [-0.25, -0.2) is 9.97 Å². The number of aromatic nitrogens is 2. The maximum absolute atomic E-state index is 12.1. The van der Waals surface area contributed by atoms with Gasteiger partial charge in [0.2, 0.25) is 5.95 Å². The summed E-state index contributed by atoms with van der Waals surface area (Å²) in [4.78, 5) is 20.8. The number of carbonyl (C=O) groups excluding carboxylic acids is 1. The molecule has 132 valence electrons. The SMILES string of the molecule is CCCNC(=O)c1cccc(Nc2ncc(-c3cccc(C)c3)cn2)c1. The maximum atomic E-state index is 12.1. The minimum atomic E-state index is -0.0776. The standard InChI is InChI=1S/C21H22N4O/c1-3-10-22-20(26)17-8-5-9-19(12-17)25-21-23-13-18(14-24-21)16-7-4-6-15(2)11-16/h4-9,11-14H,3,10H2,1-2H3,(H,22,26)(H,23,24,25). The maximum Gasteiger partial charge on any atom is 0.251 e. The van der Waals surface area contributed by atoms with Crippen molar-refractivity contribution in [1.29, 1.82) is 0 Å². The number of anilines is 2. The molecule has 3 rings (SSSR count). The zero-order valence-electron chi connectivity index (χ0n) is 15.0. The van der Waals surface area contributed by atoms with Crippen molar-refractivity contribution in [3.05, 3.63) is 72.1 Å². The Morgan fingerprint density at radius 2 is 1.77 bits per heavy atom. The Morgan fingerprint density at radius 3 is 2.50 bits per heavy atom. The van der Waals surface area contributed by atoms with E-state index in [4.69, 9.17) is 0 Å². The first-order valence-electron chi connectivity index (χ1n) is 8.70. The zero-order chi connectivity index (χ0) is 18.4. The van der Waals surface area contributed by atoms with E-state index in [9.17, 15) is 4.79 Å². The van der Waals surface area contributed by atoms with Crippen molar-refractivity contribution in [1.82, 2.24) is 15.3 Å². The van der Waals surface area contributed by atoms with Crippen molar-refractivity contribution in [3.63, 3.8) is 0 Å². The lowest BCUT2D eigenvalue weighted by molar-refractivity contribution is 0.0953. The molecule has 0 atom stereocenters. The molecule has 1 heterocycles. The molecule has 2 aromatic carbocycles. The molecule has 0 spiro atoms. The largest absolute Gasteiger partial charge is 0.352 e. The summed E-state index contributed by atoms with van der Waals surface area (Å²) < 4.78 is 0. The zero-order valence-corrected chi connectivity index (χ0v) is 15.0. The van der Waals surface area contributed by atoms with Crippen LogP contribution in [0.25, 0.3) is 11.1 Å². The van der Waals surface area contributed by atoms with Gasteiger partial charge in [-0.2, -0.15) is 0 Å². The van der Waals surface area contributed by atoms with Crippen LogP contribution in [0.3, 0.4) is 0 Å². The molecule has 5 heteroatoms. The molecule has 2 N–H and O–H groups in total. The third-order valence-electron chi connectivity index (χ3n) is 3.92. The highest BCUT2D eigenvalue weighted by molar-refractivity contribution is 5.95. The second-order valence-corrected chi connectivity index (χ2v) is 6.13. The van der Waals surface area contributed by atoms with E-state index < -0.39 is 0 Å². The molecule has 0 bridgehead atoms. The van der Waals surface area contributed by atoms with Crippen LogP contribution in [-0.2, 0) is 0 Å². The summed E-state index contributed by atoms with van der Waals surface area (Å²) in [6.45, 7) is 4.75. The molecule has 0 aliphatic rings. The van der Waals surface area contributed by atoms with Crippen LogP contribution in [0.2, 0.25) is 0 Å². The van der Waals surface area contributed by atoms with Crippen LogP contribution in [0.1, 0.15) is 29.3 Å². The van der Waals surface area contributed by atoms with Gasteiger partial charge in [0.1, 0.15) is 0 Å². The summed E-state index contributed by atoms with van der Waals surface area (Å²) >= 11 is 0. The Balaban J connectivity index is 1.72. The van der Waals surface area contributed by atoms with Crippen LogP contribution >= 0.6 is 0 Å². The van der Waals surface area contributed by atoms with Crippen molar-refractivity contribution >= 4 is 17.5 Å². The second kappa shape index (κ2) is 8.25. The number of benzene rings is 2. The van der Waals surface area contributed by atoms with Gasteiger partial charge in [0.05, 0.1) is 0 Å². The minimum Gasteiger partial charge on any atom is -0.352 e. The molecule has 1 amide bonds. The average Bonchev–Trinajstić information content (AvgIpc) is 2.67. The lowest BCUT2D eigenvalue weighted by atomic mass is 10.1. The van der Waals surface area contributed by atoms with Crippen LogP contribution < -0.4 is 10.6 Å². The molecule has 1 aromatic heterocycles. The molecule has 0 saturated heterocycles. The van der Waals surface area contributed by atoms with Crippen LogP contribution in [-0.4, -0.2) is 22.4 Å². The van der Waals surface area contributed by atoms with Gasteiger partial charge in [-0.3, -0.25) is 4.79 Å². The normalized spacial score (nSPS) is 10.4. The van der Waals surface area contributed by atoms with Crippen LogP contribution in [0, 0.1) is 6.92 Å². The van der Waals surface area contributed by atoms with E-state index in [-0.39, 0.29) is 5.91 Å². The molecule has 0 radical (unpaired) electrons. The molecule has 26 heavy (non-hydrogen) atoms. The highest BCUT2D eigenvalue weighted by atomic mass is 16.1. The smallest absolute Gasteiger partial charge is 0.251 e. The van der Waals surface area contributed by atoms with E-state index in [1.165, 1.54) is 5.56 Å². The molecule has 0 aliphatic carbocycles. The summed E-state index contributed by atoms with van der Waals surface area (Å²) in [6.07, 6.45) is 4.49. The van der Waals surface area contributed by atoms with E-state index in [1.54, 1.807) is 24.5 Å². The first-order chi connectivity index (χ1) is 12.7. The Labute approximate surface area is 153 Å². The fraction of sp³-hybridized carbons (Fsp3) is 0.190. The van der Waals surface area contributed by atoms with Crippen molar-refractivity contribution in [2.24, 2.45) is 0 Å². The van der Waals surface area contributed by atoms with Gasteiger partial charge in [-0.1, -0.05) is 42.8 Å². The van der Waals surface area contributed by atoms with Gasteiger partial charge in [0, 0.05) is 35.8 Å². The first kappa shape index (κ1) is 17.6. The molecular formula is C21H22N4O. The summed E-state index contributed by atoms with van der Waals surface area (Å²) in [5, 5.41) is 6.02. The molecule has 0 unspecified atom stereocenters. The number of hydrogen-bond acceptors (Lipinski definition) is 4. The average molecular weight is 346 g/mol. The van der Waals surface area contributed by atoms with Crippen LogP contribution in [0.4, 0.5) is 11.6 Å². The van der Waals surface area contributed by atoms with Gasteiger partial charge < -0.3 is 10.6 Å². The van der Waals surface area contributed by atoms with E-state index in [1.807, 2.05) is 31.2 Å². The number of aryl methyl sites for hydroxylation is 1. The number of rotatable bonds is 6. The Bertz CT molecular complexity index is 891. The molecule has 5 nitrogen and oxygen atoms in total. The highest BCUT2D eigenvalue weighted by Crippen LogP contribution is 2.20. The fourth-order valence-corrected chi connectivity index (χ4v) is 2.57. The summed E-state index contributed by atoms with van der Waals surface area (Å²) in [6, 6.07) is 15.5. The second-order valence-electron chi connectivity index (χ2n) is 6.13. The molecule has 3 aromatic rings. The first-order valence-corrected chi connectivity index (χ1v) is 8.70. The van der Waals surface area contributed by atoms with E-state index in [2.05, 4.69) is 39.7 Å². The van der Waals surface area contributed by atoms with E-state index >= 15 is 0 Å². The van der Waals surface area contributed by atoms with Gasteiger partial charge in [0.15, 0.2) is 0 Å². The number of amides is 1. The minimum absolute atomic E-state index is 0.0776. The van der Waals surface area contributed by atoms with Gasteiger partial charge >= 0.3 is 0 Å². The molecular weight excluding hydrogens is 324 g/mol. The molecule has 0 fully saturated rings. The highest BCUT2D eigenvalue weighted by Gasteiger charge is 2.06. The van der Waals surface area contributed by atoms with Crippen molar-refractivity contribution in [2.75, 3.05) is 11.9 Å². The predicted molar refractivity (Wildman–Crippen MR) is 105 cm³/mol. The quantitative estimate of drug-likeness (QED) is 0.697. The van der Waals surface area contributed by atoms with Gasteiger partial charge in [-0.15, -0.1) is 0 Å². The Kier molecular flexibility index (Phi) is 5.59. The molecule has 0 saturated carbocycles. The monoisotopic (exact) mass is 346 g/mol. The molecule has 0 aliphatic heterocycles. The van der Waals surface area contributed by atoms with E-state index in [0.29, 0.717) is 18.1 Å². The van der Waals surface area contributed by atoms with Crippen LogP contribution in [0.5, 0.6) is 0 Å². The fourth-order valence-electron chi connectivity index (χ4n) is 2.57. The van der Waals surface area contributed by atoms with Crippen molar-refractivity contribution in [2.45, 2.75) is 20.3 Å². The summed E-state index contributed by atoms with van der Waals surface area (Å²) in [5.41, 5.74) is 4.64. The summed E-state index contributed by atoms with van der Waals surface area (Å²) in [7, 11) is 0. The third kappa shape index (κ3) is 4.45. The number of nitrogens with one attached hydrogen (secondary N) is 2. The predicted octanol–water partition coefficient (Wildman–Crippen LogP) is 4.34. The number of carbonyl (C=O) groups is 1. The number of nitrogens with zero attached hydrogens (tertiary/aromatic N) is 2. The van der Waals surface area contributed by atoms with Crippen molar-refractivity contribution in [3.8, 4) is 11.1 Å². The van der Waals surface area contributed by atoms with E-state index in [0.717, 1.165) is 23.2 Å². The summed E-state index contributed by atoms with van der Waals surface area (Å²) in [5.74, 6) is 0.415. The third-order valence-corrected chi connectivity index (χ3v) is 3.92. The lowest BCUT2D eigenvalue weighted by Gasteiger charge is -2.08. The van der Waals surface area contributed by atoms with Gasteiger partial charge in [-0.05, 0) is 37.1 Å². The lowest BCUT2D eigenvalue weighted by Crippen LogP contribution is -2.23.